The molecule has 5 heterocycles. The standard InChI is InChI=1S/C42H30Cl8N10O6/c43-27-23-25(29(45)33(49)31(27)47)41(65)53-37(23)57-55-21(13-17-35(61)15-5-1-3-7-19(15)51-39(17)63)59-9-11-60(12-10-59)22(14-18-36(62)16-6-2-4-8-20(16)52-40(18)64)56-58-38-24-26(42(66)54-38)30(46)34(50)32(48)28(24)44/h1-8,37-38,57-58H,9-14H2,(H,53,65)(H,54,66)(H2,51,61,63)(H2,52,62,64)/b55-21-,56-22-. The van der Waals surface area contributed by atoms with Crippen LogP contribution in [-0.4, -0.2) is 79.6 Å². The van der Waals surface area contributed by atoms with E-state index in [0.717, 1.165) is 0 Å². The highest BCUT2D eigenvalue weighted by Crippen LogP contribution is 2.47. The molecule has 1 fully saturated rings. The molecule has 2 unspecified atom stereocenters. The number of carbonyl (C=O) groups excluding carboxylic acids is 2. The van der Waals surface area contributed by atoms with E-state index < -0.39 is 35.3 Å². The minimum atomic E-state index is -1.04. The van der Waals surface area contributed by atoms with Crippen molar-refractivity contribution >= 4 is 138 Å². The number of piperazine rings is 1. The molecular formula is C42H30Cl8N10O6. The number of halogens is 8. The van der Waals surface area contributed by atoms with Gasteiger partial charge in [0.15, 0.2) is 0 Å². The van der Waals surface area contributed by atoms with Gasteiger partial charge in [-0.15, -0.1) is 0 Å². The van der Waals surface area contributed by atoms with E-state index in [0.29, 0.717) is 21.8 Å². The van der Waals surface area contributed by atoms with Crippen LogP contribution in [0.15, 0.2) is 68.3 Å². The van der Waals surface area contributed by atoms with Gasteiger partial charge in [0.2, 0.25) is 0 Å². The molecule has 1 saturated heterocycles. The summed E-state index contributed by atoms with van der Waals surface area (Å²) < 4.78 is 0. The fourth-order valence-electron chi connectivity index (χ4n) is 8.15. The van der Waals surface area contributed by atoms with Gasteiger partial charge < -0.3 is 40.6 Å². The number of carbonyl (C=O) groups is 2. The van der Waals surface area contributed by atoms with Gasteiger partial charge in [-0.25, -0.2) is 0 Å². The minimum Gasteiger partial charge on any atom is -0.507 e. The third-order valence-corrected chi connectivity index (χ3v) is 15.1. The van der Waals surface area contributed by atoms with Gasteiger partial charge in [0.25, 0.3) is 22.9 Å². The quantitative estimate of drug-likeness (QED) is 0.0241. The molecule has 0 spiro atoms. The van der Waals surface area contributed by atoms with Crippen molar-refractivity contribution in [3.8, 4) is 11.5 Å². The van der Waals surface area contributed by atoms with E-state index in [4.69, 9.17) is 103 Å². The lowest BCUT2D eigenvalue weighted by Crippen LogP contribution is -2.52. The number of amidine groups is 2. The van der Waals surface area contributed by atoms with E-state index in [1.807, 2.05) is 9.80 Å². The number of hydrogen-bond acceptors (Lipinski definition) is 10. The Morgan fingerprint density at radius 1 is 0.545 bits per heavy atom. The van der Waals surface area contributed by atoms with E-state index >= 15 is 0 Å². The van der Waals surface area contributed by atoms with Crippen molar-refractivity contribution < 1.29 is 19.8 Å². The Hall–Kier alpha value is -5.30. The monoisotopic (exact) mass is 1050 g/mol. The predicted octanol–water partition coefficient (Wildman–Crippen LogP) is 8.10. The van der Waals surface area contributed by atoms with Crippen molar-refractivity contribution in [1.82, 2.24) is 41.3 Å². The Bertz CT molecular complexity index is 3050. The summed E-state index contributed by atoms with van der Waals surface area (Å²) in [6, 6.07) is 13.5. The third kappa shape index (κ3) is 7.96. The molecule has 3 aliphatic rings. The SMILES string of the molecule is O=C1NC(N/N=C(/Cc2c(O)c3ccccc3[nH]c2=O)N2CCN(/C(Cc3c(O)c4ccccc4[nH]c3=O)=N\NC3NC(=O)c4c(Cl)c(Cl)c(Cl)c(Cl)c43)CC2)c2c(Cl)c(Cl)c(Cl)c(Cl)c21. The summed E-state index contributed by atoms with van der Waals surface area (Å²) in [4.78, 5) is 62.7. The van der Waals surface area contributed by atoms with Crippen LogP contribution < -0.4 is 32.6 Å². The fraction of sp³-hybridized carbons (Fsp3) is 0.190. The van der Waals surface area contributed by atoms with Crippen LogP contribution in [-0.2, 0) is 12.8 Å². The van der Waals surface area contributed by atoms with E-state index in [-0.39, 0.29) is 136 Å². The van der Waals surface area contributed by atoms with Crippen LogP contribution >= 0.6 is 92.8 Å². The zero-order valence-corrected chi connectivity index (χ0v) is 39.4. The second-order valence-corrected chi connectivity index (χ2v) is 18.2. The Morgan fingerprint density at radius 3 is 1.27 bits per heavy atom. The molecule has 2 aromatic heterocycles. The molecule has 0 aliphatic carbocycles. The highest BCUT2D eigenvalue weighted by atomic mass is 35.5. The molecule has 340 valence electrons. The largest absolute Gasteiger partial charge is 0.507 e. The van der Waals surface area contributed by atoms with E-state index in [1.165, 1.54) is 0 Å². The first kappa shape index (κ1) is 45.8. The number of hydrazone groups is 2. The molecule has 6 aromatic rings. The summed E-state index contributed by atoms with van der Waals surface area (Å²) in [5, 5.41) is 38.0. The number of benzene rings is 4. The van der Waals surface area contributed by atoms with Crippen molar-refractivity contribution in [3.05, 3.63) is 143 Å². The lowest BCUT2D eigenvalue weighted by atomic mass is 10.1. The Labute approximate surface area is 412 Å². The molecule has 0 radical (unpaired) electrons. The first-order valence-electron chi connectivity index (χ1n) is 19.7. The predicted molar refractivity (Wildman–Crippen MR) is 258 cm³/mol. The summed E-state index contributed by atoms with van der Waals surface area (Å²) in [6.45, 7) is 0.857. The van der Waals surface area contributed by atoms with Crippen LogP contribution in [0, 0.1) is 0 Å². The summed E-state index contributed by atoms with van der Waals surface area (Å²) in [5.41, 5.74) is 6.08. The van der Waals surface area contributed by atoms with Crippen LogP contribution in [0.25, 0.3) is 21.8 Å². The number of aromatic hydroxyl groups is 2. The summed E-state index contributed by atoms with van der Waals surface area (Å²) in [7, 11) is 0. The molecule has 3 aliphatic heterocycles. The second kappa shape index (κ2) is 18.1. The Kier molecular flexibility index (Phi) is 12.5. The van der Waals surface area contributed by atoms with Crippen LogP contribution in [0.5, 0.6) is 11.5 Å². The van der Waals surface area contributed by atoms with Crippen LogP contribution in [0.1, 0.15) is 55.3 Å². The molecule has 0 saturated carbocycles. The normalized spacial score (nSPS) is 17.3. The van der Waals surface area contributed by atoms with Gasteiger partial charge in [0, 0.05) is 60.9 Å². The van der Waals surface area contributed by atoms with E-state index in [1.54, 1.807) is 48.5 Å². The van der Waals surface area contributed by atoms with Gasteiger partial charge in [0.1, 0.15) is 35.5 Å². The number of nitrogens with zero attached hydrogens (tertiary/aromatic N) is 4. The molecule has 0 bridgehead atoms. The molecule has 24 heteroatoms. The Balaban J connectivity index is 1.06. The number of aromatic amines is 2. The minimum absolute atomic E-state index is 0.0113. The molecule has 9 rings (SSSR count). The molecule has 66 heavy (non-hydrogen) atoms. The van der Waals surface area contributed by atoms with E-state index in [9.17, 15) is 29.4 Å². The van der Waals surface area contributed by atoms with Crippen molar-refractivity contribution in [3.63, 3.8) is 0 Å². The van der Waals surface area contributed by atoms with Crippen molar-refractivity contribution in [2.45, 2.75) is 25.2 Å². The highest BCUT2D eigenvalue weighted by molar-refractivity contribution is 6.54. The maximum Gasteiger partial charge on any atom is 0.255 e. The summed E-state index contributed by atoms with van der Waals surface area (Å²) in [5.74, 6) is -1.13. The average molecular weight is 1050 g/mol. The maximum atomic E-state index is 13.5. The number of para-hydroxylation sites is 2. The number of fused-ring (bicyclic) bond motifs is 4. The van der Waals surface area contributed by atoms with Gasteiger partial charge >= 0.3 is 0 Å². The summed E-state index contributed by atoms with van der Waals surface area (Å²) >= 11 is 51.4. The van der Waals surface area contributed by atoms with Gasteiger partial charge in [-0.3, -0.25) is 30.0 Å². The third-order valence-electron chi connectivity index (χ3n) is 11.5. The topological polar surface area (TPSA) is 220 Å². The van der Waals surface area contributed by atoms with Gasteiger partial charge in [-0.2, -0.15) is 10.2 Å². The first-order chi connectivity index (χ1) is 31.5. The number of nitrogens with one attached hydrogen (secondary N) is 6. The van der Waals surface area contributed by atoms with Gasteiger partial charge in [0.05, 0.1) is 73.5 Å². The number of hydrogen-bond donors (Lipinski definition) is 8. The number of aromatic nitrogens is 2. The zero-order valence-electron chi connectivity index (χ0n) is 33.4. The molecule has 8 N–H and O–H groups in total. The lowest BCUT2D eigenvalue weighted by Gasteiger charge is -2.38. The van der Waals surface area contributed by atoms with Gasteiger partial charge in [-0.05, 0) is 24.3 Å². The number of pyridine rings is 2. The van der Waals surface area contributed by atoms with E-state index in [2.05, 4.69) is 31.5 Å². The van der Waals surface area contributed by atoms with Crippen molar-refractivity contribution in [2.24, 2.45) is 10.2 Å². The maximum absolute atomic E-state index is 13.5. The van der Waals surface area contributed by atoms with Gasteiger partial charge in [-0.1, -0.05) is 117 Å². The smallest absolute Gasteiger partial charge is 0.255 e. The molecule has 4 aromatic carbocycles. The fourth-order valence-corrected chi connectivity index (χ4v) is 10.3. The first-order valence-corrected chi connectivity index (χ1v) is 22.7. The molecule has 16 nitrogen and oxygen atoms in total. The van der Waals surface area contributed by atoms with Crippen molar-refractivity contribution in [1.29, 1.82) is 0 Å². The van der Waals surface area contributed by atoms with Crippen LogP contribution in [0.3, 0.4) is 0 Å². The Morgan fingerprint density at radius 2 is 0.894 bits per heavy atom. The van der Waals surface area contributed by atoms with Crippen LogP contribution in [0.4, 0.5) is 0 Å². The molecular weight excluding hydrogens is 1020 g/mol. The lowest BCUT2D eigenvalue weighted by molar-refractivity contribution is 0.0943. The highest BCUT2D eigenvalue weighted by Gasteiger charge is 2.38. The molecule has 2 atom stereocenters. The average Bonchev–Trinajstić information content (AvgIpc) is 3.83. The number of H-pyrrole nitrogens is 2. The second-order valence-electron chi connectivity index (χ2n) is 15.2. The van der Waals surface area contributed by atoms with Crippen molar-refractivity contribution in [2.75, 3.05) is 26.2 Å². The van der Waals surface area contributed by atoms with Crippen LogP contribution in [0.2, 0.25) is 40.2 Å². The zero-order chi connectivity index (χ0) is 46.9. The summed E-state index contributed by atoms with van der Waals surface area (Å²) in [6.07, 6.45) is -2.47. The number of amides is 2. The number of rotatable bonds is 8. The molecule has 2 amide bonds.